The van der Waals surface area contributed by atoms with Crippen molar-refractivity contribution in [2.24, 2.45) is 4.99 Å². The van der Waals surface area contributed by atoms with Crippen molar-refractivity contribution in [2.75, 3.05) is 39.7 Å². The first kappa shape index (κ1) is 20.0. The van der Waals surface area contributed by atoms with Gasteiger partial charge in [0.15, 0.2) is 17.5 Å². The molecule has 0 bridgehead atoms. The molecule has 0 aromatic heterocycles. The van der Waals surface area contributed by atoms with E-state index in [1.54, 1.807) is 21.3 Å². The Morgan fingerprint density at radius 1 is 1.07 bits per heavy atom. The van der Waals surface area contributed by atoms with E-state index in [2.05, 4.69) is 21.5 Å². The van der Waals surface area contributed by atoms with Gasteiger partial charge in [-0.2, -0.15) is 0 Å². The number of nitrogens with zero attached hydrogens (tertiary/aromatic N) is 1. The molecule has 0 aliphatic rings. The Labute approximate surface area is 160 Å². The third-order valence-corrected chi connectivity index (χ3v) is 3.82. The highest BCUT2D eigenvalue weighted by Crippen LogP contribution is 2.29. The summed E-state index contributed by atoms with van der Waals surface area (Å²) < 4.78 is 15.9. The van der Waals surface area contributed by atoms with E-state index in [4.69, 9.17) is 20.6 Å². The van der Waals surface area contributed by atoms with E-state index in [1.165, 1.54) is 5.56 Å². The standard InChI is InChI=1S/C21H25N3O3/c1-5-14-27-18-9-6-16(7-10-18)12-13-23-21(22-2)24-17-8-11-19(25-3)20(15-17)26-4/h1,6-11,15H,12-14H2,2-4H3,(H2,22,23,24). The molecule has 142 valence electrons. The van der Waals surface area contributed by atoms with Gasteiger partial charge in [0.25, 0.3) is 0 Å². The van der Waals surface area contributed by atoms with Crippen molar-refractivity contribution in [3.05, 3.63) is 48.0 Å². The zero-order valence-electron chi connectivity index (χ0n) is 15.9. The van der Waals surface area contributed by atoms with Crippen molar-refractivity contribution < 1.29 is 14.2 Å². The molecule has 6 heteroatoms. The van der Waals surface area contributed by atoms with Gasteiger partial charge >= 0.3 is 0 Å². The molecule has 2 aromatic rings. The van der Waals surface area contributed by atoms with E-state index < -0.39 is 0 Å². The molecule has 2 rings (SSSR count). The van der Waals surface area contributed by atoms with Crippen LogP contribution in [0.15, 0.2) is 47.5 Å². The molecule has 0 saturated carbocycles. The van der Waals surface area contributed by atoms with Crippen LogP contribution < -0.4 is 24.8 Å². The van der Waals surface area contributed by atoms with E-state index in [0.717, 1.165) is 24.4 Å². The maximum absolute atomic E-state index is 5.37. The molecular formula is C21H25N3O3. The number of aliphatic imine (C=N–C) groups is 1. The molecule has 0 aliphatic heterocycles. The van der Waals surface area contributed by atoms with Crippen LogP contribution in [0.3, 0.4) is 0 Å². The van der Waals surface area contributed by atoms with Crippen LogP contribution >= 0.6 is 0 Å². The quantitative estimate of drug-likeness (QED) is 0.427. The first-order valence-electron chi connectivity index (χ1n) is 8.55. The van der Waals surface area contributed by atoms with Crippen LogP contribution in [0.5, 0.6) is 17.2 Å². The SMILES string of the molecule is C#CCOc1ccc(CCNC(=NC)Nc2ccc(OC)c(OC)c2)cc1. The number of hydrogen-bond acceptors (Lipinski definition) is 4. The van der Waals surface area contributed by atoms with Gasteiger partial charge in [-0.1, -0.05) is 18.1 Å². The predicted octanol–water partition coefficient (Wildman–Crippen LogP) is 2.95. The third-order valence-electron chi connectivity index (χ3n) is 3.82. The molecule has 6 nitrogen and oxygen atoms in total. The zero-order valence-corrected chi connectivity index (χ0v) is 15.9. The van der Waals surface area contributed by atoms with Crippen molar-refractivity contribution in [2.45, 2.75) is 6.42 Å². The summed E-state index contributed by atoms with van der Waals surface area (Å²) in [6.45, 7) is 1.01. The van der Waals surface area contributed by atoms with Crippen molar-refractivity contribution in [3.8, 4) is 29.6 Å². The maximum atomic E-state index is 5.37. The fourth-order valence-corrected chi connectivity index (χ4v) is 2.43. The Morgan fingerprint density at radius 3 is 2.44 bits per heavy atom. The molecule has 0 radical (unpaired) electrons. The lowest BCUT2D eigenvalue weighted by Crippen LogP contribution is -2.32. The van der Waals surface area contributed by atoms with Gasteiger partial charge in [-0.15, -0.1) is 6.42 Å². The summed E-state index contributed by atoms with van der Waals surface area (Å²) in [5.41, 5.74) is 2.05. The van der Waals surface area contributed by atoms with Crippen molar-refractivity contribution >= 4 is 11.6 Å². The molecule has 0 unspecified atom stereocenters. The summed E-state index contributed by atoms with van der Waals surface area (Å²) >= 11 is 0. The van der Waals surface area contributed by atoms with Gasteiger partial charge in [0, 0.05) is 25.3 Å². The number of terminal acetylenes is 1. The molecule has 0 spiro atoms. The van der Waals surface area contributed by atoms with Gasteiger partial charge < -0.3 is 24.8 Å². The van der Waals surface area contributed by atoms with Crippen LogP contribution in [0.4, 0.5) is 5.69 Å². The van der Waals surface area contributed by atoms with E-state index in [-0.39, 0.29) is 6.61 Å². The summed E-state index contributed by atoms with van der Waals surface area (Å²) in [4.78, 5) is 4.24. The molecule has 0 fully saturated rings. The molecule has 27 heavy (non-hydrogen) atoms. The lowest BCUT2D eigenvalue weighted by atomic mass is 10.1. The van der Waals surface area contributed by atoms with Crippen LogP contribution in [0.25, 0.3) is 0 Å². The van der Waals surface area contributed by atoms with Crippen LogP contribution in [0, 0.1) is 12.3 Å². The van der Waals surface area contributed by atoms with Gasteiger partial charge in [0.1, 0.15) is 12.4 Å². The van der Waals surface area contributed by atoms with Gasteiger partial charge in [-0.05, 0) is 36.2 Å². The van der Waals surface area contributed by atoms with Gasteiger partial charge in [0.2, 0.25) is 0 Å². The summed E-state index contributed by atoms with van der Waals surface area (Å²) in [5, 5.41) is 6.53. The minimum atomic E-state index is 0.277. The lowest BCUT2D eigenvalue weighted by Gasteiger charge is -2.14. The van der Waals surface area contributed by atoms with E-state index in [9.17, 15) is 0 Å². The second-order valence-electron chi connectivity index (χ2n) is 5.58. The van der Waals surface area contributed by atoms with Crippen LogP contribution in [0.2, 0.25) is 0 Å². The Bertz CT molecular complexity index is 795. The fourth-order valence-electron chi connectivity index (χ4n) is 2.43. The van der Waals surface area contributed by atoms with E-state index in [1.807, 2.05) is 42.5 Å². The lowest BCUT2D eigenvalue weighted by molar-refractivity contribution is 0.355. The number of hydrogen-bond donors (Lipinski definition) is 2. The average molecular weight is 367 g/mol. The first-order valence-corrected chi connectivity index (χ1v) is 8.55. The molecule has 0 amide bonds. The monoisotopic (exact) mass is 367 g/mol. The van der Waals surface area contributed by atoms with Crippen molar-refractivity contribution in [1.29, 1.82) is 0 Å². The molecule has 2 N–H and O–H groups in total. The highest BCUT2D eigenvalue weighted by atomic mass is 16.5. The smallest absolute Gasteiger partial charge is 0.195 e. The number of guanidine groups is 1. The Balaban J connectivity index is 1.86. The van der Waals surface area contributed by atoms with Crippen LogP contribution in [-0.4, -0.2) is 40.4 Å². The minimum Gasteiger partial charge on any atom is -0.493 e. The summed E-state index contributed by atoms with van der Waals surface area (Å²) in [6, 6.07) is 13.5. The first-order chi connectivity index (χ1) is 13.2. The average Bonchev–Trinajstić information content (AvgIpc) is 2.72. The highest BCUT2D eigenvalue weighted by molar-refractivity contribution is 5.93. The van der Waals surface area contributed by atoms with Gasteiger partial charge in [-0.25, -0.2) is 0 Å². The summed E-state index contributed by atoms with van der Waals surface area (Å²) in [5.74, 6) is 5.24. The Kier molecular flexibility index (Phi) is 7.86. The molecular weight excluding hydrogens is 342 g/mol. The molecule has 0 atom stereocenters. The normalized spacial score (nSPS) is 10.7. The predicted molar refractivity (Wildman–Crippen MR) is 109 cm³/mol. The number of anilines is 1. The van der Waals surface area contributed by atoms with Crippen LogP contribution in [-0.2, 0) is 6.42 Å². The van der Waals surface area contributed by atoms with Crippen molar-refractivity contribution in [1.82, 2.24) is 5.32 Å². The largest absolute Gasteiger partial charge is 0.493 e. The minimum absolute atomic E-state index is 0.277. The molecule has 2 aromatic carbocycles. The van der Waals surface area contributed by atoms with E-state index in [0.29, 0.717) is 17.5 Å². The Morgan fingerprint density at radius 2 is 1.81 bits per heavy atom. The number of methoxy groups -OCH3 is 2. The topological polar surface area (TPSA) is 64.1 Å². The van der Waals surface area contributed by atoms with E-state index >= 15 is 0 Å². The summed E-state index contributed by atoms with van der Waals surface area (Å²) in [6.07, 6.45) is 6.03. The number of nitrogens with one attached hydrogen (secondary N) is 2. The fraction of sp³-hybridized carbons (Fsp3) is 0.286. The summed E-state index contributed by atoms with van der Waals surface area (Å²) in [7, 11) is 4.95. The molecule has 0 aliphatic carbocycles. The second-order valence-corrected chi connectivity index (χ2v) is 5.58. The Hall–Kier alpha value is -3.33. The number of rotatable bonds is 8. The maximum Gasteiger partial charge on any atom is 0.195 e. The van der Waals surface area contributed by atoms with Gasteiger partial charge in [0.05, 0.1) is 14.2 Å². The third kappa shape index (κ3) is 6.15. The van der Waals surface area contributed by atoms with Crippen molar-refractivity contribution in [3.63, 3.8) is 0 Å². The number of benzene rings is 2. The highest BCUT2D eigenvalue weighted by Gasteiger charge is 2.06. The van der Waals surface area contributed by atoms with Crippen LogP contribution in [0.1, 0.15) is 5.56 Å². The van der Waals surface area contributed by atoms with Gasteiger partial charge in [-0.3, -0.25) is 4.99 Å². The number of ether oxygens (including phenoxy) is 3. The molecule has 0 saturated heterocycles. The zero-order chi connectivity index (χ0) is 19.5. The molecule has 0 heterocycles. The second kappa shape index (κ2) is 10.6.